The number of aryl methyl sites for hydroxylation is 2. The summed E-state index contributed by atoms with van der Waals surface area (Å²) in [6.07, 6.45) is 1.40. The lowest BCUT2D eigenvalue weighted by atomic mass is 9.89. The number of imidazole rings is 1. The molecule has 0 saturated heterocycles. The lowest BCUT2D eigenvalue weighted by molar-refractivity contribution is -0.146. The van der Waals surface area contributed by atoms with Crippen molar-refractivity contribution in [2.45, 2.75) is 33.6 Å². The normalized spacial score (nSPS) is 12.0. The van der Waals surface area contributed by atoms with Crippen molar-refractivity contribution in [1.82, 2.24) is 9.55 Å². The highest BCUT2D eigenvalue weighted by atomic mass is 16.4. The third kappa shape index (κ3) is 2.48. The molecule has 0 fully saturated rings. The van der Waals surface area contributed by atoms with Crippen LogP contribution >= 0.6 is 0 Å². The van der Waals surface area contributed by atoms with Crippen molar-refractivity contribution in [3.63, 3.8) is 0 Å². The highest BCUT2D eigenvalue weighted by Gasteiger charge is 2.29. The standard InChI is InChI=1S/C15H20N2O2/c1-5-10-6-7-12-11(8-10)16-13(17(12)4)9-15(2,3)14(18)19/h6-8H,5,9H2,1-4H3,(H,18,19). The van der Waals surface area contributed by atoms with Crippen molar-refractivity contribution < 1.29 is 9.90 Å². The third-order valence-electron chi connectivity index (χ3n) is 3.63. The molecule has 0 amide bonds. The van der Waals surface area contributed by atoms with Crippen LogP contribution in [0.1, 0.15) is 32.2 Å². The highest BCUT2D eigenvalue weighted by molar-refractivity contribution is 5.78. The number of benzene rings is 1. The zero-order chi connectivity index (χ0) is 14.2. The van der Waals surface area contributed by atoms with E-state index in [-0.39, 0.29) is 0 Å². The van der Waals surface area contributed by atoms with Gasteiger partial charge in [0.15, 0.2) is 0 Å². The van der Waals surface area contributed by atoms with Gasteiger partial charge in [-0.1, -0.05) is 13.0 Å². The molecule has 1 heterocycles. The fourth-order valence-corrected chi connectivity index (χ4v) is 2.14. The van der Waals surface area contributed by atoms with Crippen molar-refractivity contribution in [2.75, 3.05) is 0 Å². The van der Waals surface area contributed by atoms with E-state index in [0.29, 0.717) is 6.42 Å². The summed E-state index contributed by atoms with van der Waals surface area (Å²) < 4.78 is 1.99. The summed E-state index contributed by atoms with van der Waals surface area (Å²) in [7, 11) is 1.94. The number of hydrogen-bond acceptors (Lipinski definition) is 2. The molecular formula is C15H20N2O2. The van der Waals surface area contributed by atoms with Crippen LogP contribution in [-0.4, -0.2) is 20.6 Å². The van der Waals surface area contributed by atoms with Crippen LogP contribution in [0.25, 0.3) is 11.0 Å². The SMILES string of the molecule is CCc1ccc2c(c1)nc(CC(C)(C)C(=O)O)n2C. The summed E-state index contributed by atoms with van der Waals surface area (Å²) in [6.45, 7) is 5.57. The lowest BCUT2D eigenvalue weighted by Gasteiger charge is -2.18. The maximum absolute atomic E-state index is 11.2. The van der Waals surface area contributed by atoms with Gasteiger partial charge in [0.1, 0.15) is 5.82 Å². The summed E-state index contributed by atoms with van der Waals surface area (Å²) >= 11 is 0. The molecule has 102 valence electrons. The molecule has 0 radical (unpaired) electrons. The Balaban J connectivity index is 2.45. The number of fused-ring (bicyclic) bond motifs is 1. The molecule has 2 rings (SSSR count). The Morgan fingerprint density at radius 3 is 2.68 bits per heavy atom. The molecule has 1 N–H and O–H groups in total. The fourth-order valence-electron chi connectivity index (χ4n) is 2.14. The molecular weight excluding hydrogens is 240 g/mol. The van der Waals surface area contributed by atoms with E-state index in [1.165, 1.54) is 5.56 Å². The van der Waals surface area contributed by atoms with Crippen LogP contribution in [0, 0.1) is 5.41 Å². The number of aliphatic carboxylic acids is 1. The Bertz CT molecular complexity index is 626. The van der Waals surface area contributed by atoms with Crippen LogP contribution in [0.2, 0.25) is 0 Å². The molecule has 2 aromatic rings. The number of carboxylic acid groups (broad SMARTS) is 1. The first-order valence-electron chi connectivity index (χ1n) is 6.53. The zero-order valence-corrected chi connectivity index (χ0v) is 11.9. The second-order valence-electron chi connectivity index (χ2n) is 5.63. The van der Waals surface area contributed by atoms with Crippen LogP contribution in [0.4, 0.5) is 0 Å². The summed E-state index contributed by atoms with van der Waals surface area (Å²) in [4.78, 5) is 15.8. The molecule has 0 atom stereocenters. The maximum Gasteiger partial charge on any atom is 0.309 e. The first kappa shape index (κ1) is 13.6. The van der Waals surface area contributed by atoms with E-state index in [0.717, 1.165) is 23.3 Å². The maximum atomic E-state index is 11.2. The lowest BCUT2D eigenvalue weighted by Crippen LogP contribution is -2.27. The first-order chi connectivity index (χ1) is 8.85. The van der Waals surface area contributed by atoms with Gasteiger partial charge in [-0.3, -0.25) is 4.79 Å². The Kier molecular flexibility index (Phi) is 3.35. The van der Waals surface area contributed by atoms with E-state index in [1.54, 1.807) is 13.8 Å². The highest BCUT2D eigenvalue weighted by Crippen LogP contribution is 2.24. The van der Waals surface area contributed by atoms with Gasteiger partial charge in [-0.05, 0) is 38.0 Å². The summed E-state index contributed by atoms with van der Waals surface area (Å²) in [5, 5.41) is 9.21. The molecule has 19 heavy (non-hydrogen) atoms. The predicted octanol–water partition coefficient (Wildman–Crippen LogP) is 2.79. The van der Waals surface area contributed by atoms with Crippen molar-refractivity contribution in [3.05, 3.63) is 29.6 Å². The number of carbonyl (C=O) groups is 1. The number of nitrogens with zero attached hydrogens (tertiary/aromatic N) is 2. The van der Waals surface area contributed by atoms with Crippen LogP contribution in [0.5, 0.6) is 0 Å². The van der Waals surface area contributed by atoms with Crippen LogP contribution in [0.15, 0.2) is 18.2 Å². The molecule has 4 heteroatoms. The van der Waals surface area contributed by atoms with Gasteiger partial charge in [-0.2, -0.15) is 0 Å². The van der Waals surface area contributed by atoms with Crippen molar-refractivity contribution >= 4 is 17.0 Å². The van der Waals surface area contributed by atoms with Crippen molar-refractivity contribution in [3.8, 4) is 0 Å². The third-order valence-corrected chi connectivity index (χ3v) is 3.63. The molecule has 4 nitrogen and oxygen atoms in total. The van der Waals surface area contributed by atoms with Crippen LogP contribution in [0.3, 0.4) is 0 Å². The average Bonchev–Trinajstić information content (AvgIpc) is 2.65. The minimum Gasteiger partial charge on any atom is -0.481 e. The monoisotopic (exact) mass is 260 g/mol. The molecule has 1 aromatic heterocycles. The molecule has 0 aliphatic carbocycles. The number of hydrogen-bond donors (Lipinski definition) is 1. The quantitative estimate of drug-likeness (QED) is 0.919. The fraction of sp³-hybridized carbons (Fsp3) is 0.467. The van der Waals surface area contributed by atoms with E-state index < -0.39 is 11.4 Å². The van der Waals surface area contributed by atoms with Gasteiger partial charge in [-0.25, -0.2) is 4.98 Å². The van der Waals surface area contributed by atoms with Gasteiger partial charge in [-0.15, -0.1) is 0 Å². The summed E-state index contributed by atoms with van der Waals surface area (Å²) in [5.74, 6) is 0.0180. The molecule has 1 aromatic carbocycles. The van der Waals surface area contributed by atoms with E-state index in [9.17, 15) is 9.90 Å². The van der Waals surface area contributed by atoms with E-state index in [1.807, 2.05) is 11.6 Å². The topological polar surface area (TPSA) is 55.1 Å². The Morgan fingerprint density at radius 1 is 1.42 bits per heavy atom. The number of aromatic nitrogens is 2. The van der Waals surface area contributed by atoms with Gasteiger partial charge in [0, 0.05) is 13.5 Å². The zero-order valence-electron chi connectivity index (χ0n) is 11.9. The molecule has 0 aliphatic heterocycles. The van der Waals surface area contributed by atoms with Crippen molar-refractivity contribution in [2.24, 2.45) is 12.5 Å². The van der Waals surface area contributed by atoms with Crippen LogP contribution in [-0.2, 0) is 24.7 Å². The van der Waals surface area contributed by atoms with Gasteiger partial charge < -0.3 is 9.67 Å². The smallest absolute Gasteiger partial charge is 0.309 e. The molecule has 0 unspecified atom stereocenters. The Morgan fingerprint density at radius 2 is 2.11 bits per heavy atom. The Labute approximate surface area is 113 Å². The minimum absolute atomic E-state index is 0.426. The van der Waals surface area contributed by atoms with Crippen molar-refractivity contribution in [1.29, 1.82) is 0 Å². The summed E-state index contributed by atoms with van der Waals surface area (Å²) in [5.41, 5.74) is 2.43. The van der Waals surface area contributed by atoms with Gasteiger partial charge in [0.2, 0.25) is 0 Å². The first-order valence-corrected chi connectivity index (χ1v) is 6.53. The average molecular weight is 260 g/mol. The van der Waals surface area contributed by atoms with E-state index in [4.69, 9.17) is 0 Å². The van der Waals surface area contributed by atoms with E-state index >= 15 is 0 Å². The molecule has 0 bridgehead atoms. The Hall–Kier alpha value is -1.84. The van der Waals surface area contributed by atoms with Gasteiger partial charge in [0.05, 0.1) is 16.4 Å². The van der Waals surface area contributed by atoms with Gasteiger partial charge in [0.25, 0.3) is 0 Å². The van der Waals surface area contributed by atoms with E-state index in [2.05, 4.69) is 30.1 Å². The number of rotatable bonds is 4. The predicted molar refractivity (Wildman–Crippen MR) is 75.2 cm³/mol. The second-order valence-corrected chi connectivity index (χ2v) is 5.63. The van der Waals surface area contributed by atoms with Crippen LogP contribution < -0.4 is 0 Å². The number of carboxylic acids is 1. The second kappa shape index (κ2) is 4.68. The minimum atomic E-state index is -0.803. The molecule has 0 aliphatic rings. The van der Waals surface area contributed by atoms with Gasteiger partial charge >= 0.3 is 5.97 Å². The largest absolute Gasteiger partial charge is 0.481 e. The summed E-state index contributed by atoms with van der Waals surface area (Å²) in [6, 6.07) is 6.22. The molecule has 0 spiro atoms. The molecule has 0 saturated carbocycles.